The lowest BCUT2D eigenvalue weighted by molar-refractivity contribution is 0.147. The van der Waals surface area contributed by atoms with Crippen molar-refractivity contribution in [1.29, 1.82) is 0 Å². The minimum absolute atomic E-state index is 0.227. The Bertz CT molecular complexity index is 262. The number of hydrogen-bond donors (Lipinski definition) is 2. The van der Waals surface area contributed by atoms with Crippen molar-refractivity contribution in [2.45, 2.75) is 71.0 Å². The number of nitrogens with one attached hydrogen (secondary N) is 1. The Kier molecular flexibility index (Phi) is 4.68. The van der Waals surface area contributed by atoms with E-state index in [-0.39, 0.29) is 12.0 Å². The molecule has 18 heavy (non-hydrogen) atoms. The number of aliphatic hydroxyl groups excluding tert-OH is 1. The SMILES string of the molecule is CC(C)(C)C(CCO)NC1CCN2CCCCC12. The van der Waals surface area contributed by atoms with Gasteiger partial charge in [0.25, 0.3) is 0 Å². The van der Waals surface area contributed by atoms with Gasteiger partial charge in [-0.1, -0.05) is 27.2 Å². The first-order valence-corrected chi connectivity index (χ1v) is 7.63. The van der Waals surface area contributed by atoms with Gasteiger partial charge >= 0.3 is 0 Å². The number of rotatable bonds is 4. The van der Waals surface area contributed by atoms with Crippen LogP contribution in [0.25, 0.3) is 0 Å². The average molecular weight is 254 g/mol. The largest absolute Gasteiger partial charge is 0.396 e. The van der Waals surface area contributed by atoms with E-state index in [0.717, 1.165) is 12.5 Å². The molecule has 0 radical (unpaired) electrons. The van der Waals surface area contributed by atoms with E-state index in [1.807, 2.05) is 0 Å². The second-order valence-electron chi connectivity index (χ2n) is 7.09. The van der Waals surface area contributed by atoms with Crippen molar-refractivity contribution in [2.24, 2.45) is 5.41 Å². The van der Waals surface area contributed by atoms with Crippen LogP contribution < -0.4 is 5.32 Å². The van der Waals surface area contributed by atoms with E-state index in [4.69, 9.17) is 0 Å². The summed E-state index contributed by atoms with van der Waals surface area (Å²) in [7, 11) is 0. The molecule has 2 rings (SSSR count). The van der Waals surface area contributed by atoms with Crippen molar-refractivity contribution in [3.05, 3.63) is 0 Å². The van der Waals surface area contributed by atoms with Crippen LogP contribution in [0, 0.1) is 5.41 Å². The molecule has 0 saturated carbocycles. The molecule has 3 unspecified atom stereocenters. The molecule has 3 atom stereocenters. The van der Waals surface area contributed by atoms with Gasteiger partial charge in [-0.3, -0.25) is 4.90 Å². The number of nitrogens with zero attached hydrogens (tertiary/aromatic N) is 1. The lowest BCUT2D eigenvalue weighted by Crippen LogP contribution is -2.52. The summed E-state index contributed by atoms with van der Waals surface area (Å²) < 4.78 is 0. The molecule has 2 heterocycles. The van der Waals surface area contributed by atoms with Gasteiger partial charge in [0, 0.05) is 31.3 Å². The molecule has 2 aliphatic heterocycles. The molecular weight excluding hydrogens is 224 g/mol. The number of piperidine rings is 1. The average Bonchev–Trinajstić information content (AvgIpc) is 2.71. The monoisotopic (exact) mass is 254 g/mol. The zero-order valence-corrected chi connectivity index (χ0v) is 12.3. The second kappa shape index (κ2) is 5.89. The van der Waals surface area contributed by atoms with E-state index >= 15 is 0 Å². The van der Waals surface area contributed by atoms with Crippen LogP contribution in [-0.4, -0.2) is 47.8 Å². The molecule has 0 aromatic heterocycles. The molecule has 3 nitrogen and oxygen atoms in total. The van der Waals surface area contributed by atoms with Gasteiger partial charge in [-0.25, -0.2) is 0 Å². The van der Waals surface area contributed by atoms with E-state index in [1.54, 1.807) is 0 Å². The van der Waals surface area contributed by atoms with Crippen LogP contribution in [-0.2, 0) is 0 Å². The Morgan fingerprint density at radius 1 is 1.22 bits per heavy atom. The predicted octanol–water partition coefficient (Wildman–Crippen LogP) is 2.00. The molecular formula is C15H30N2O. The Morgan fingerprint density at radius 3 is 2.67 bits per heavy atom. The highest BCUT2D eigenvalue weighted by Gasteiger charge is 2.37. The zero-order chi connectivity index (χ0) is 13.2. The van der Waals surface area contributed by atoms with Gasteiger partial charge in [-0.2, -0.15) is 0 Å². The summed E-state index contributed by atoms with van der Waals surface area (Å²) in [5, 5.41) is 13.1. The van der Waals surface area contributed by atoms with Gasteiger partial charge in [0.1, 0.15) is 0 Å². The fraction of sp³-hybridized carbons (Fsp3) is 1.00. The summed E-state index contributed by atoms with van der Waals surface area (Å²) >= 11 is 0. The van der Waals surface area contributed by atoms with Crippen LogP contribution in [0.3, 0.4) is 0 Å². The van der Waals surface area contributed by atoms with Crippen molar-refractivity contribution in [3.63, 3.8) is 0 Å². The van der Waals surface area contributed by atoms with Gasteiger partial charge < -0.3 is 10.4 Å². The van der Waals surface area contributed by atoms with Crippen LogP contribution in [0.2, 0.25) is 0 Å². The van der Waals surface area contributed by atoms with Gasteiger partial charge in [0.2, 0.25) is 0 Å². The summed E-state index contributed by atoms with van der Waals surface area (Å²) in [4.78, 5) is 2.67. The fourth-order valence-corrected chi connectivity index (χ4v) is 3.60. The van der Waals surface area contributed by atoms with Gasteiger partial charge in [0.15, 0.2) is 0 Å². The quantitative estimate of drug-likeness (QED) is 0.805. The van der Waals surface area contributed by atoms with Crippen LogP contribution in [0.5, 0.6) is 0 Å². The van der Waals surface area contributed by atoms with Gasteiger partial charge in [-0.15, -0.1) is 0 Å². The van der Waals surface area contributed by atoms with Gasteiger partial charge in [0.05, 0.1) is 0 Å². The normalized spacial score (nSPS) is 31.3. The smallest absolute Gasteiger partial charge is 0.0446 e. The molecule has 3 heteroatoms. The third-order valence-electron chi connectivity index (χ3n) is 4.73. The molecule has 0 aliphatic carbocycles. The third-order valence-corrected chi connectivity index (χ3v) is 4.73. The van der Waals surface area contributed by atoms with Crippen LogP contribution >= 0.6 is 0 Å². The minimum Gasteiger partial charge on any atom is -0.396 e. The highest BCUT2D eigenvalue weighted by Crippen LogP contribution is 2.30. The predicted molar refractivity (Wildman–Crippen MR) is 75.7 cm³/mol. The Morgan fingerprint density at radius 2 is 2.00 bits per heavy atom. The first-order chi connectivity index (χ1) is 8.52. The maximum Gasteiger partial charge on any atom is 0.0446 e. The molecule has 2 aliphatic rings. The van der Waals surface area contributed by atoms with E-state index in [1.165, 1.54) is 38.8 Å². The molecule has 2 saturated heterocycles. The summed E-state index contributed by atoms with van der Waals surface area (Å²) in [6, 6.07) is 1.82. The minimum atomic E-state index is 0.227. The van der Waals surface area contributed by atoms with Crippen LogP contribution in [0.1, 0.15) is 52.9 Å². The summed E-state index contributed by atoms with van der Waals surface area (Å²) in [6.45, 7) is 9.66. The Hall–Kier alpha value is -0.120. The molecule has 0 aromatic carbocycles. The van der Waals surface area contributed by atoms with Crippen LogP contribution in [0.15, 0.2) is 0 Å². The molecule has 2 N–H and O–H groups in total. The zero-order valence-electron chi connectivity index (χ0n) is 12.3. The van der Waals surface area contributed by atoms with Crippen molar-refractivity contribution in [1.82, 2.24) is 10.2 Å². The highest BCUT2D eigenvalue weighted by atomic mass is 16.3. The Balaban J connectivity index is 1.94. The maximum absolute atomic E-state index is 9.26. The number of hydrogen-bond acceptors (Lipinski definition) is 3. The fourth-order valence-electron chi connectivity index (χ4n) is 3.60. The third kappa shape index (κ3) is 3.25. The summed E-state index contributed by atoms with van der Waals surface area (Å²) in [5.41, 5.74) is 0.227. The van der Waals surface area contributed by atoms with E-state index in [9.17, 15) is 5.11 Å². The van der Waals surface area contributed by atoms with E-state index in [0.29, 0.717) is 12.1 Å². The van der Waals surface area contributed by atoms with E-state index < -0.39 is 0 Å². The number of fused-ring (bicyclic) bond motifs is 1. The lowest BCUT2D eigenvalue weighted by Gasteiger charge is -2.38. The number of aliphatic hydroxyl groups is 1. The standard InChI is InChI=1S/C15H30N2O/c1-15(2,3)14(8-11-18)16-12-7-10-17-9-5-4-6-13(12)17/h12-14,16,18H,4-11H2,1-3H3. The maximum atomic E-state index is 9.26. The topological polar surface area (TPSA) is 35.5 Å². The first-order valence-electron chi connectivity index (χ1n) is 7.63. The molecule has 0 bridgehead atoms. The van der Waals surface area contributed by atoms with Crippen molar-refractivity contribution >= 4 is 0 Å². The molecule has 0 spiro atoms. The Labute approximate surface area is 112 Å². The first kappa shape index (κ1) is 14.3. The van der Waals surface area contributed by atoms with Crippen molar-refractivity contribution < 1.29 is 5.11 Å². The summed E-state index contributed by atoms with van der Waals surface area (Å²) in [5.74, 6) is 0. The summed E-state index contributed by atoms with van der Waals surface area (Å²) in [6.07, 6.45) is 6.27. The van der Waals surface area contributed by atoms with Crippen molar-refractivity contribution in [2.75, 3.05) is 19.7 Å². The van der Waals surface area contributed by atoms with Crippen molar-refractivity contribution in [3.8, 4) is 0 Å². The molecule has 0 aromatic rings. The van der Waals surface area contributed by atoms with E-state index in [2.05, 4.69) is 31.0 Å². The molecule has 2 fully saturated rings. The van der Waals surface area contributed by atoms with Gasteiger partial charge in [-0.05, 0) is 37.6 Å². The highest BCUT2D eigenvalue weighted by molar-refractivity contribution is 4.96. The second-order valence-corrected chi connectivity index (χ2v) is 7.09. The van der Waals surface area contributed by atoms with Crippen LogP contribution in [0.4, 0.5) is 0 Å². The molecule has 0 amide bonds. The molecule has 106 valence electrons. The lowest BCUT2D eigenvalue weighted by atomic mass is 9.83.